The minimum absolute atomic E-state index is 0.00746. The maximum Gasteiger partial charge on any atom is 0.422 e. The summed E-state index contributed by atoms with van der Waals surface area (Å²) in [6.45, 7) is -0.946. The molecule has 3 heterocycles. The van der Waals surface area contributed by atoms with Gasteiger partial charge in [-0.25, -0.2) is 12.7 Å². The van der Waals surface area contributed by atoms with Gasteiger partial charge in [0.15, 0.2) is 6.61 Å². The van der Waals surface area contributed by atoms with E-state index in [-0.39, 0.29) is 17.9 Å². The summed E-state index contributed by atoms with van der Waals surface area (Å²) in [5.74, 6) is -0.0282. The van der Waals surface area contributed by atoms with Crippen molar-refractivity contribution in [2.45, 2.75) is 25.1 Å². The van der Waals surface area contributed by atoms with Gasteiger partial charge in [-0.15, -0.1) is 0 Å². The zero-order valence-electron chi connectivity index (χ0n) is 17.9. The van der Waals surface area contributed by atoms with E-state index < -0.39 is 28.8 Å². The Morgan fingerprint density at radius 3 is 2.41 bits per heavy atom. The summed E-state index contributed by atoms with van der Waals surface area (Å²) in [4.78, 5) is 20.5. The number of ether oxygens (including phenoxy) is 1. The lowest BCUT2D eigenvalue weighted by molar-refractivity contribution is -0.154. The van der Waals surface area contributed by atoms with Gasteiger partial charge in [-0.1, -0.05) is 0 Å². The average Bonchev–Trinajstić information content (AvgIpc) is 2.77. The number of fused-ring (bicyclic) bond motifs is 1. The van der Waals surface area contributed by atoms with E-state index in [1.807, 2.05) is 0 Å². The molecule has 0 unspecified atom stereocenters. The molecule has 2 aromatic heterocycles. The molecule has 1 aliphatic rings. The Kier molecular flexibility index (Phi) is 6.65. The number of hydrogen-bond donors (Lipinski definition) is 2. The lowest BCUT2D eigenvalue weighted by atomic mass is 10.1. The van der Waals surface area contributed by atoms with Crippen LogP contribution in [-0.2, 0) is 10.0 Å². The van der Waals surface area contributed by atoms with Crippen LogP contribution in [0.3, 0.4) is 0 Å². The number of alkyl halides is 3. The lowest BCUT2D eigenvalue weighted by Crippen LogP contribution is -2.42. The third-order valence-corrected chi connectivity index (χ3v) is 6.26. The first-order chi connectivity index (χ1) is 16.0. The molecule has 34 heavy (non-hydrogen) atoms. The molecule has 0 aliphatic carbocycles. The van der Waals surface area contributed by atoms with Crippen molar-refractivity contribution in [3.05, 3.63) is 30.6 Å². The molecule has 0 radical (unpaired) electrons. The van der Waals surface area contributed by atoms with Crippen molar-refractivity contribution in [1.82, 2.24) is 29.2 Å². The molecule has 1 aromatic carbocycles. The number of halogens is 3. The maximum atomic E-state index is 12.6. The summed E-state index contributed by atoms with van der Waals surface area (Å²) < 4.78 is 67.4. The molecular formula is C19H21F3N8O3S. The predicted octanol–water partition coefficient (Wildman–Crippen LogP) is 2.34. The van der Waals surface area contributed by atoms with E-state index in [4.69, 9.17) is 4.74 Å². The van der Waals surface area contributed by atoms with Gasteiger partial charge in [0.25, 0.3) is 0 Å². The number of rotatable bonds is 7. The minimum Gasteiger partial charge on any atom is -0.454 e. The molecule has 0 spiro atoms. The molecular weight excluding hydrogens is 477 g/mol. The van der Waals surface area contributed by atoms with Crippen molar-refractivity contribution in [3.63, 3.8) is 0 Å². The molecule has 2 N–H and O–H groups in total. The largest absolute Gasteiger partial charge is 0.454 e. The van der Waals surface area contributed by atoms with E-state index in [2.05, 4.69) is 35.6 Å². The average molecular weight is 498 g/mol. The third kappa shape index (κ3) is 6.38. The van der Waals surface area contributed by atoms with Crippen LogP contribution in [0.25, 0.3) is 11.0 Å². The molecule has 0 bridgehead atoms. The third-order valence-electron chi connectivity index (χ3n) is 4.96. The Morgan fingerprint density at radius 2 is 1.74 bits per heavy atom. The summed E-state index contributed by atoms with van der Waals surface area (Å²) in [5.41, 5.74) is 1.81. The molecule has 15 heteroatoms. The van der Waals surface area contributed by atoms with Crippen LogP contribution in [0.5, 0.6) is 6.01 Å². The number of nitrogens with one attached hydrogen (secondary N) is 2. The molecule has 11 nitrogen and oxygen atoms in total. The standard InChI is InChI=1S/C19H21F3N8O3S/c1-34(31,32)30-8-4-12(5-9-30)25-16-27-17(29-18(28-16)33-11-19(20,21)22)26-13-2-3-14-15(10-13)24-7-6-23-14/h2-3,6-7,10,12H,4-5,8-9,11H2,1H3,(H2,25,26,27,28,29). The van der Waals surface area contributed by atoms with Gasteiger partial charge in [0.2, 0.25) is 21.9 Å². The van der Waals surface area contributed by atoms with Gasteiger partial charge >= 0.3 is 12.2 Å². The second kappa shape index (κ2) is 9.50. The second-order valence-corrected chi connectivity index (χ2v) is 9.62. The van der Waals surface area contributed by atoms with E-state index in [0.717, 1.165) is 6.26 Å². The Balaban J connectivity index is 1.53. The molecule has 1 saturated heterocycles. The van der Waals surface area contributed by atoms with Gasteiger partial charge in [0, 0.05) is 37.2 Å². The Hall–Kier alpha value is -3.33. The van der Waals surface area contributed by atoms with Crippen LogP contribution in [0.15, 0.2) is 30.6 Å². The minimum atomic E-state index is -4.57. The smallest absolute Gasteiger partial charge is 0.422 e. The summed E-state index contributed by atoms with van der Waals surface area (Å²) in [6.07, 6.45) is 0.628. The normalized spacial score (nSPS) is 15.9. The van der Waals surface area contributed by atoms with Crippen LogP contribution in [0.1, 0.15) is 12.8 Å². The van der Waals surface area contributed by atoms with Gasteiger partial charge in [0.05, 0.1) is 17.3 Å². The van der Waals surface area contributed by atoms with E-state index in [9.17, 15) is 21.6 Å². The second-order valence-electron chi connectivity index (χ2n) is 7.63. The topological polar surface area (TPSA) is 135 Å². The quantitative estimate of drug-likeness (QED) is 0.500. The highest BCUT2D eigenvalue weighted by Crippen LogP contribution is 2.23. The number of benzene rings is 1. The summed E-state index contributed by atoms with van der Waals surface area (Å²) in [5, 5.41) is 5.96. The van der Waals surface area contributed by atoms with Crippen molar-refractivity contribution < 1.29 is 26.3 Å². The van der Waals surface area contributed by atoms with Crippen LogP contribution >= 0.6 is 0 Å². The zero-order valence-corrected chi connectivity index (χ0v) is 18.8. The molecule has 0 atom stereocenters. The van der Waals surface area contributed by atoms with E-state index in [1.165, 1.54) is 10.5 Å². The van der Waals surface area contributed by atoms with Crippen LogP contribution in [0, 0.1) is 0 Å². The molecule has 0 amide bonds. The zero-order chi connectivity index (χ0) is 24.3. The van der Waals surface area contributed by atoms with Crippen LogP contribution in [0.4, 0.5) is 30.8 Å². The fourth-order valence-corrected chi connectivity index (χ4v) is 4.25. The first-order valence-electron chi connectivity index (χ1n) is 10.2. The van der Waals surface area contributed by atoms with Crippen LogP contribution in [0.2, 0.25) is 0 Å². The summed E-state index contributed by atoms with van der Waals surface area (Å²) in [6, 6.07) is 4.43. The predicted molar refractivity (Wildman–Crippen MR) is 117 cm³/mol. The monoisotopic (exact) mass is 498 g/mol. The number of aromatic nitrogens is 5. The first kappa shape index (κ1) is 23.8. The van der Waals surface area contributed by atoms with Gasteiger partial charge in [0.1, 0.15) is 0 Å². The Labute approximate surface area is 192 Å². The van der Waals surface area contributed by atoms with E-state index >= 15 is 0 Å². The highest BCUT2D eigenvalue weighted by Gasteiger charge is 2.30. The van der Waals surface area contributed by atoms with Gasteiger partial charge in [-0.2, -0.15) is 28.1 Å². The van der Waals surface area contributed by atoms with Gasteiger partial charge in [-0.3, -0.25) is 9.97 Å². The fourth-order valence-electron chi connectivity index (χ4n) is 3.37. The maximum absolute atomic E-state index is 12.6. The van der Waals surface area contributed by atoms with Crippen molar-refractivity contribution in [3.8, 4) is 6.01 Å². The van der Waals surface area contributed by atoms with Crippen molar-refractivity contribution in [1.29, 1.82) is 0 Å². The highest BCUT2D eigenvalue weighted by molar-refractivity contribution is 7.88. The van der Waals surface area contributed by atoms with Crippen LogP contribution < -0.4 is 15.4 Å². The van der Waals surface area contributed by atoms with Crippen molar-refractivity contribution >= 4 is 38.6 Å². The van der Waals surface area contributed by atoms with Crippen molar-refractivity contribution in [2.75, 3.05) is 36.6 Å². The number of sulfonamides is 1. The Bertz CT molecular complexity index is 1270. The van der Waals surface area contributed by atoms with Crippen LogP contribution in [-0.4, -0.2) is 75.8 Å². The molecule has 0 saturated carbocycles. The van der Waals surface area contributed by atoms with E-state index in [1.54, 1.807) is 24.4 Å². The SMILES string of the molecule is CS(=O)(=O)N1CCC(Nc2nc(Nc3ccc4nccnc4c3)nc(OCC(F)(F)F)n2)CC1. The molecule has 182 valence electrons. The van der Waals surface area contributed by atoms with Crippen molar-refractivity contribution in [2.24, 2.45) is 0 Å². The number of nitrogens with zero attached hydrogens (tertiary/aromatic N) is 6. The number of anilines is 3. The molecule has 1 aliphatic heterocycles. The van der Waals surface area contributed by atoms with E-state index in [0.29, 0.717) is 42.7 Å². The first-order valence-corrected chi connectivity index (χ1v) is 12.1. The fraction of sp³-hybridized carbons (Fsp3) is 0.421. The molecule has 4 rings (SSSR count). The Morgan fingerprint density at radius 1 is 1.06 bits per heavy atom. The number of hydrogen-bond acceptors (Lipinski definition) is 10. The van der Waals surface area contributed by atoms with Gasteiger partial charge < -0.3 is 15.4 Å². The lowest BCUT2D eigenvalue weighted by Gasteiger charge is -2.30. The number of piperidine rings is 1. The summed E-state index contributed by atoms with van der Waals surface area (Å²) >= 11 is 0. The highest BCUT2D eigenvalue weighted by atomic mass is 32.2. The molecule has 1 fully saturated rings. The summed E-state index contributed by atoms with van der Waals surface area (Å²) in [7, 11) is -3.29. The van der Waals surface area contributed by atoms with Gasteiger partial charge in [-0.05, 0) is 31.0 Å². The molecule has 3 aromatic rings.